The van der Waals surface area contributed by atoms with E-state index in [2.05, 4.69) is 10.6 Å². The van der Waals surface area contributed by atoms with Crippen molar-refractivity contribution in [2.45, 2.75) is 13.3 Å². The Bertz CT molecular complexity index is 952. The van der Waals surface area contributed by atoms with E-state index in [0.29, 0.717) is 24.2 Å². The van der Waals surface area contributed by atoms with E-state index in [0.717, 1.165) is 16.3 Å². The first-order valence-corrected chi connectivity index (χ1v) is 8.36. The van der Waals surface area contributed by atoms with Crippen molar-refractivity contribution in [3.8, 4) is 0 Å². The third-order valence-electron chi connectivity index (χ3n) is 4.11. The SMILES string of the molecule is CC(=O)NCCc1cccc2ccc(NC(=O)c3ccc(F)cc3)cc12. The highest BCUT2D eigenvalue weighted by Crippen LogP contribution is 2.23. The number of rotatable bonds is 5. The number of anilines is 1. The molecule has 0 radical (unpaired) electrons. The maximum atomic E-state index is 13.0. The van der Waals surface area contributed by atoms with Gasteiger partial charge in [-0.1, -0.05) is 24.3 Å². The molecule has 0 aliphatic carbocycles. The van der Waals surface area contributed by atoms with E-state index in [9.17, 15) is 14.0 Å². The molecular weight excluding hydrogens is 331 g/mol. The number of fused-ring (bicyclic) bond motifs is 1. The van der Waals surface area contributed by atoms with Gasteiger partial charge in [0.15, 0.2) is 0 Å². The zero-order chi connectivity index (χ0) is 18.5. The molecule has 26 heavy (non-hydrogen) atoms. The zero-order valence-electron chi connectivity index (χ0n) is 14.4. The number of carbonyl (C=O) groups is 2. The monoisotopic (exact) mass is 350 g/mol. The fourth-order valence-electron chi connectivity index (χ4n) is 2.81. The van der Waals surface area contributed by atoms with Gasteiger partial charge in [-0.05, 0) is 59.2 Å². The van der Waals surface area contributed by atoms with Crippen LogP contribution in [-0.4, -0.2) is 18.4 Å². The van der Waals surface area contributed by atoms with Crippen LogP contribution in [-0.2, 0) is 11.2 Å². The molecule has 0 heterocycles. The maximum Gasteiger partial charge on any atom is 0.255 e. The largest absolute Gasteiger partial charge is 0.356 e. The predicted octanol–water partition coefficient (Wildman–Crippen LogP) is 3.91. The lowest BCUT2D eigenvalue weighted by Crippen LogP contribution is -2.22. The lowest BCUT2D eigenvalue weighted by atomic mass is 10.0. The Hall–Kier alpha value is -3.21. The second-order valence-corrected chi connectivity index (χ2v) is 6.05. The van der Waals surface area contributed by atoms with E-state index < -0.39 is 0 Å². The van der Waals surface area contributed by atoms with Gasteiger partial charge in [0.2, 0.25) is 5.91 Å². The van der Waals surface area contributed by atoms with Crippen molar-refractivity contribution < 1.29 is 14.0 Å². The highest BCUT2D eigenvalue weighted by molar-refractivity contribution is 6.05. The third-order valence-corrected chi connectivity index (χ3v) is 4.11. The van der Waals surface area contributed by atoms with Crippen molar-refractivity contribution in [3.05, 3.63) is 77.6 Å². The van der Waals surface area contributed by atoms with Crippen LogP contribution < -0.4 is 10.6 Å². The normalized spacial score (nSPS) is 10.5. The highest BCUT2D eigenvalue weighted by Gasteiger charge is 2.08. The van der Waals surface area contributed by atoms with Gasteiger partial charge in [-0.25, -0.2) is 4.39 Å². The summed E-state index contributed by atoms with van der Waals surface area (Å²) in [6, 6.07) is 17.1. The molecule has 5 heteroatoms. The van der Waals surface area contributed by atoms with E-state index in [4.69, 9.17) is 0 Å². The molecule has 0 aliphatic rings. The van der Waals surface area contributed by atoms with Crippen LogP contribution in [0.5, 0.6) is 0 Å². The van der Waals surface area contributed by atoms with Crippen molar-refractivity contribution in [2.24, 2.45) is 0 Å². The Morgan fingerprint density at radius 2 is 1.77 bits per heavy atom. The number of benzene rings is 3. The van der Waals surface area contributed by atoms with Gasteiger partial charge in [0.25, 0.3) is 5.91 Å². The molecule has 0 saturated heterocycles. The molecule has 2 N–H and O–H groups in total. The van der Waals surface area contributed by atoms with Crippen LogP contribution in [0, 0.1) is 5.82 Å². The van der Waals surface area contributed by atoms with Gasteiger partial charge < -0.3 is 10.6 Å². The summed E-state index contributed by atoms with van der Waals surface area (Å²) in [4.78, 5) is 23.4. The maximum absolute atomic E-state index is 13.0. The molecular formula is C21H19FN2O2. The van der Waals surface area contributed by atoms with E-state index in [1.165, 1.54) is 31.2 Å². The second kappa shape index (κ2) is 7.78. The number of hydrogen-bond acceptors (Lipinski definition) is 2. The van der Waals surface area contributed by atoms with Crippen LogP contribution in [0.4, 0.5) is 10.1 Å². The predicted molar refractivity (Wildman–Crippen MR) is 101 cm³/mol. The molecule has 0 aromatic heterocycles. The first-order valence-electron chi connectivity index (χ1n) is 8.36. The quantitative estimate of drug-likeness (QED) is 0.733. The minimum absolute atomic E-state index is 0.0579. The molecule has 0 spiro atoms. The summed E-state index contributed by atoms with van der Waals surface area (Å²) >= 11 is 0. The summed E-state index contributed by atoms with van der Waals surface area (Å²) in [5.74, 6) is -0.728. The Morgan fingerprint density at radius 3 is 2.50 bits per heavy atom. The van der Waals surface area contributed by atoms with Crippen LogP contribution in [0.1, 0.15) is 22.8 Å². The van der Waals surface area contributed by atoms with Crippen LogP contribution in [0.2, 0.25) is 0 Å². The van der Waals surface area contributed by atoms with E-state index in [1.807, 2.05) is 36.4 Å². The second-order valence-electron chi connectivity index (χ2n) is 6.05. The fourth-order valence-corrected chi connectivity index (χ4v) is 2.81. The summed E-state index contributed by atoms with van der Waals surface area (Å²) in [6.45, 7) is 2.05. The molecule has 0 atom stereocenters. The zero-order valence-corrected chi connectivity index (χ0v) is 14.4. The topological polar surface area (TPSA) is 58.2 Å². The van der Waals surface area contributed by atoms with Crippen LogP contribution in [0.3, 0.4) is 0 Å². The summed E-state index contributed by atoms with van der Waals surface area (Å²) in [6.07, 6.45) is 0.701. The summed E-state index contributed by atoms with van der Waals surface area (Å²) in [5, 5.41) is 7.72. The fraction of sp³-hybridized carbons (Fsp3) is 0.143. The van der Waals surface area contributed by atoms with Crippen molar-refractivity contribution in [1.29, 1.82) is 0 Å². The molecule has 0 aliphatic heterocycles. The lowest BCUT2D eigenvalue weighted by molar-refractivity contribution is -0.118. The lowest BCUT2D eigenvalue weighted by Gasteiger charge is -2.10. The summed E-state index contributed by atoms with van der Waals surface area (Å²) in [7, 11) is 0. The molecule has 4 nitrogen and oxygen atoms in total. The highest BCUT2D eigenvalue weighted by atomic mass is 19.1. The number of halogens is 1. The average Bonchev–Trinajstić information content (AvgIpc) is 2.62. The molecule has 3 rings (SSSR count). The molecule has 0 unspecified atom stereocenters. The van der Waals surface area contributed by atoms with Gasteiger partial charge in [0.1, 0.15) is 5.82 Å². The first kappa shape index (κ1) is 17.6. The van der Waals surface area contributed by atoms with E-state index in [1.54, 1.807) is 0 Å². The minimum Gasteiger partial charge on any atom is -0.356 e. The molecule has 0 saturated carbocycles. The molecule has 3 aromatic carbocycles. The smallest absolute Gasteiger partial charge is 0.255 e. The van der Waals surface area contributed by atoms with Gasteiger partial charge in [-0.2, -0.15) is 0 Å². The molecule has 0 fully saturated rings. The molecule has 132 valence electrons. The standard InChI is InChI=1S/C21H19FN2O2/c1-14(25)23-12-11-16-4-2-3-15-7-10-19(13-20(15)16)24-21(26)17-5-8-18(22)9-6-17/h2-10,13H,11-12H2,1H3,(H,23,25)(H,24,26). The number of carbonyl (C=O) groups excluding carboxylic acids is 2. The molecule has 2 amide bonds. The Balaban J connectivity index is 1.82. The number of nitrogens with one attached hydrogen (secondary N) is 2. The minimum atomic E-state index is -0.379. The van der Waals surface area contributed by atoms with Crippen LogP contribution in [0.25, 0.3) is 10.8 Å². The Kier molecular flexibility index (Phi) is 5.27. The van der Waals surface area contributed by atoms with E-state index >= 15 is 0 Å². The Morgan fingerprint density at radius 1 is 1.00 bits per heavy atom. The number of amides is 2. The van der Waals surface area contributed by atoms with Gasteiger partial charge in [-0.15, -0.1) is 0 Å². The van der Waals surface area contributed by atoms with Gasteiger partial charge in [0.05, 0.1) is 0 Å². The van der Waals surface area contributed by atoms with Crippen molar-refractivity contribution in [1.82, 2.24) is 5.32 Å². The summed E-state index contributed by atoms with van der Waals surface area (Å²) < 4.78 is 13.0. The molecule has 3 aromatic rings. The van der Waals surface area contributed by atoms with Crippen LogP contribution in [0.15, 0.2) is 60.7 Å². The third kappa shape index (κ3) is 4.25. The van der Waals surface area contributed by atoms with Crippen LogP contribution >= 0.6 is 0 Å². The first-order chi connectivity index (χ1) is 12.5. The van der Waals surface area contributed by atoms with Crippen molar-refractivity contribution in [3.63, 3.8) is 0 Å². The molecule has 0 bridgehead atoms. The van der Waals surface area contributed by atoms with Gasteiger partial charge in [0, 0.05) is 24.7 Å². The Labute approximate surface area is 151 Å². The number of hydrogen-bond donors (Lipinski definition) is 2. The summed E-state index contributed by atoms with van der Waals surface area (Å²) in [5.41, 5.74) is 2.15. The average molecular weight is 350 g/mol. The van der Waals surface area contributed by atoms with Crippen molar-refractivity contribution >= 4 is 28.3 Å². The van der Waals surface area contributed by atoms with Gasteiger partial charge >= 0.3 is 0 Å². The van der Waals surface area contributed by atoms with Crippen molar-refractivity contribution in [2.75, 3.05) is 11.9 Å². The van der Waals surface area contributed by atoms with Gasteiger partial charge in [-0.3, -0.25) is 9.59 Å². The van der Waals surface area contributed by atoms with E-state index in [-0.39, 0.29) is 17.6 Å².